The van der Waals surface area contributed by atoms with E-state index in [4.69, 9.17) is 28.2 Å². The first-order valence-electron chi connectivity index (χ1n) is 7.78. The molecule has 2 heterocycles. The summed E-state index contributed by atoms with van der Waals surface area (Å²) < 4.78 is 1.84. The van der Waals surface area contributed by atoms with Gasteiger partial charge in [0.1, 0.15) is 0 Å². The number of rotatable bonds is 6. The standard InChI is InChI=1S/C19H14Cl2N4S.W/c1-11(20)15(12(2)21)18-24-16(13-7-5-4-6-8-13)17(25-18)14-9-10-22-19(23-14)26-3;/h1,4-10H,2H2,3H3,(H,24,25);/b15-11-;. The van der Waals surface area contributed by atoms with Crippen molar-refractivity contribution < 1.29 is 19.4 Å². The molecule has 0 amide bonds. The number of halogens is 2. The third-order valence-corrected chi connectivity index (χ3v) is 6.09. The van der Waals surface area contributed by atoms with Crippen LogP contribution in [0.5, 0.6) is 0 Å². The zero-order valence-electron chi connectivity index (χ0n) is 14.2. The molecule has 0 aliphatic carbocycles. The number of benzene rings is 1. The first kappa shape index (κ1) is 20.2. The number of nitrogens with zero attached hydrogens (tertiary/aromatic N) is 3. The van der Waals surface area contributed by atoms with E-state index in [0.29, 0.717) is 26.6 Å². The first-order valence-corrected chi connectivity index (χ1v) is 11.5. The van der Waals surface area contributed by atoms with Crippen LogP contribution in [0.15, 0.2) is 64.4 Å². The van der Waals surface area contributed by atoms with Crippen molar-refractivity contribution in [2.24, 2.45) is 0 Å². The molecular formula is C19H14Cl2N4SW. The Morgan fingerprint density at radius 3 is 2.56 bits per heavy atom. The molecule has 0 bridgehead atoms. The van der Waals surface area contributed by atoms with Crippen molar-refractivity contribution in [1.82, 2.24) is 19.9 Å². The molecule has 0 saturated heterocycles. The van der Waals surface area contributed by atoms with Crippen molar-refractivity contribution in [3.05, 3.63) is 65.1 Å². The van der Waals surface area contributed by atoms with Gasteiger partial charge in [0.25, 0.3) is 0 Å². The van der Waals surface area contributed by atoms with Crippen LogP contribution in [0.25, 0.3) is 28.2 Å². The zero-order valence-corrected chi connectivity index (χ0v) is 19.5. The minimum absolute atomic E-state index is 0.324. The Morgan fingerprint density at radius 2 is 1.93 bits per heavy atom. The molecule has 0 fully saturated rings. The molecular weight excluding hydrogens is 571 g/mol. The van der Waals surface area contributed by atoms with Crippen molar-refractivity contribution in [2.45, 2.75) is 5.16 Å². The summed E-state index contributed by atoms with van der Waals surface area (Å²) in [6.45, 7) is 3.84. The fourth-order valence-corrected chi connectivity index (χ4v) is 3.71. The van der Waals surface area contributed by atoms with Gasteiger partial charge in [-0.3, -0.25) is 0 Å². The number of allylic oxidation sites excluding steroid dienone is 3. The van der Waals surface area contributed by atoms with E-state index in [1.165, 1.54) is 31.1 Å². The first-order chi connectivity index (χ1) is 13.0. The predicted octanol–water partition coefficient (Wildman–Crippen LogP) is 5.31. The number of aromatic nitrogens is 4. The van der Waals surface area contributed by atoms with E-state index in [1.54, 1.807) is 6.20 Å². The van der Waals surface area contributed by atoms with Crippen LogP contribution >= 0.6 is 35.0 Å². The molecule has 2 aromatic heterocycles. The van der Waals surface area contributed by atoms with Crippen molar-refractivity contribution in [1.29, 1.82) is 0 Å². The van der Waals surface area contributed by atoms with E-state index in [2.05, 4.69) is 21.5 Å². The molecule has 1 N–H and O–H groups in total. The van der Waals surface area contributed by atoms with Gasteiger partial charge in [-0.25, -0.2) is 0 Å². The van der Waals surface area contributed by atoms with Gasteiger partial charge in [-0.1, -0.05) is 0 Å². The maximum atomic E-state index is 6.37. The average molecular weight is 585 g/mol. The Morgan fingerprint density at radius 1 is 1.19 bits per heavy atom. The Labute approximate surface area is 182 Å². The van der Waals surface area contributed by atoms with Crippen LogP contribution < -0.4 is 0 Å². The molecule has 3 aromatic rings. The molecule has 0 aliphatic heterocycles. The Hall–Kier alpha value is -1.52. The van der Waals surface area contributed by atoms with Gasteiger partial charge in [-0.15, -0.1) is 0 Å². The van der Waals surface area contributed by atoms with E-state index in [0.717, 1.165) is 22.6 Å². The quantitative estimate of drug-likeness (QED) is 0.242. The van der Waals surface area contributed by atoms with Crippen molar-refractivity contribution >= 4 is 44.9 Å². The summed E-state index contributed by atoms with van der Waals surface area (Å²) in [6, 6.07) is 11.7. The van der Waals surface area contributed by atoms with Crippen LogP contribution in [0.2, 0.25) is 0 Å². The number of imidazole rings is 1. The van der Waals surface area contributed by atoms with Crippen LogP contribution in [0.4, 0.5) is 0 Å². The monoisotopic (exact) mass is 584 g/mol. The fourth-order valence-electron chi connectivity index (χ4n) is 2.49. The molecule has 136 valence electrons. The van der Waals surface area contributed by atoms with Gasteiger partial charge in [-0.2, -0.15) is 0 Å². The van der Waals surface area contributed by atoms with Gasteiger partial charge in [0, 0.05) is 0 Å². The number of hydrogen-bond donors (Lipinski definition) is 1. The zero-order chi connectivity index (χ0) is 19.4. The summed E-state index contributed by atoms with van der Waals surface area (Å²) in [4.78, 5) is 17.0. The number of aromatic amines is 1. The Balaban J connectivity index is 2.27. The topological polar surface area (TPSA) is 54.5 Å². The van der Waals surface area contributed by atoms with Gasteiger partial charge >= 0.3 is 183 Å². The molecule has 0 saturated carbocycles. The number of nitrogens with one attached hydrogen (secondary N) is 1. The molecule has 0 unspecified atom stereocenters. The molecule has 0 radical (unpaired) electrons. The van der Waals surface area contributed by atoms with Crippen LogP contribution in [0.1, 0.15) is 5.82 Å². The fraction of sp³-hybridized carbons (Fsp3) is 0.0526. The van der Waals surface area contributed by atoms with Gasteiger partial charge < -0.3 is 0 Å². The average Bonchev–Trinajstić information content (AvgIpc) is 3.13. The molecule has 1 aromatic carbocycles. The van der Waals surface area contributed by atoms with Crippen molar-refractivity contribution in [3.63, 3.8) is 0 Å². The van der Waals surface area contributed by atoms with Crippen molar-refractivity contribution in [3.8, 4) is 22.6 Å². The second kappa shape index (κ2) is 9.11. The normalized spacial score (nSPS) is 11.8. The summed E-state index contributed by atoms with van der Waals surface area (Å²) in [5.41, 5.74) is 3.82. The van der Waals surface area contributed by atoms with Gasteiger partial charge in [0.2, 0.25) is 0 Å². The molecule has 0 atom stereocenters. The van der Waals surface area contributed by atoms with E-state index in [-0.39, 0.29) is 0 Å². The van der Waals surface area contributed by atoms with Gasteiger partial charge in [0.05, 0.1) is 0 Å². The van der Waals surface area contributed by atoms with Crippen LogP contribution in [-0.4, -0.2) is 30.6 Å². The maximum absolute atomic E-state index is 6.37. The van der Waals surface area contributed by atoms with Crippen LogP contribution in [-0.2, 0) is 19.4 Å². The summed E-state index contributed by atoms with van der Waals surface area (Å²) in [7, 11) is 0. The van der Waals surface area contributed by atoms with E-state index in [9.17, 15) is 0 Å². The van der Waals surface area contributed by atoms with Gasteiger partial charge in [-0.05, 0) is 0 Å². The molecule has 4 nitrogen and oxygen atoms in total. The summed E-state index contributed by atoms with van der Waals surface area (Å²) in [5, 5.41) is 1.52. The molecule has 0 aliphatic rings. The second-order valence-electron chi connectivity index (χ2n) is 5.35. The number of thioether (sulfide) groups is 1. The summed E-state index contributed by atoms with van der Waals surface area (Å²) in [5.74, 6) is 0.552. The minimum atomic E-state index is 0.324. The third-order valence-electron chi connectivity index (χ3n) is 3.67. The molecule has 3 rings (SSSR count). The predicted molar refractivity (Wildman–Crippen MR) is 111 cm³/mol. The molecule has 8 heteroatoms. The van der Waals surface area contributed by atoms with Crippen LogP contribution in [0.3, 0.4) is 0 Å². The number of hydrogen-bond acceptors (Lipinski definition) is 4. The van der Waals surface area contributed by atoms with Gasteiger partial charge in [0.15, 0.2) is 0 Å². The van der Waals surface area contributed by atoms with E-state index >= 15 is 0 Å². The summed E-state index contributed by atoms with van der Waals surface area (Å²) >= 11 is 15.3. The van der Waals surface area contributed by atoms with E-state index in [1.807, 2.05) is 47.1 Å². The Kier molecular flexibility index (Phi) is 6.82. The second-order valence-corrected chi connectivity index (χ2v) is 7.83. The molecule has 0 spiro atoms. The van der Waals surface area contributed by atoms with Crippen molar-refractivity contribution in [2.75, 3.05) is 6.26 Å². The third kappa shape index (κ3) is 4.49. The summed E-state index contributed by atoms with van der Waals surface area (Å²) in [6.07, 6.45) is 3.67. The number of H-pyrrole nitrogens is 1. The van der Waals surface area contributed by atoms with Crippen LogP contribution in [0, 0.1) is 0 Å². The molecule has 27 heavy (non-hydrogen) atoms. The SMILES string of the molecule is C=C(Cl)/C(=C(/Cl)[CH]=[W])c1nc(-c2ccccc2)c(-c2ccnc(SC)n2)[nH]1. The van der Waals surface area contributed by atoms with E-state index < -0.39 is 0 Å². The Bertz CT molecular complexity index is 1030.